The Morgan fingerprint density at radius 3 is 2.20 bits per heavy atom. The third kappa shape index (κ3) is 7.85. The minimum absolute atomic E-state index is 0.0453. The molecule has 0 radical (unpaired) electrons. The Bertz CT molecular complexity index is 1530. The predicted molar refractivity (Wildman–Crippen MR) is 159 cm³/mol. The van der Waals surface area contributed by atoms with Gasteiger partial charge in [-0.15, -0.1) is 0 Å². The van der Waals surface area contributed by atoms with Crippen molar-refractivity contribution in [2.24, 2.45) is 5.10 Å². The first-order chi connectivity index (χ1) is 19.3. The summed E-state index contributed by atoms with van der Waals surface area (Å²) in [4.78, 5) is 9.75. The van der Waals surface area contributed by atoms with Gasteiger partial charge in [0.1, 0.15) is 5.82 Å². The number of nitrogens with one attached hydrogen (secondary N) is 3. The zero-order valence-corrected chi connectivity index (χ0v) is 23.1. The van der Waals surface area contributed by atoms with E-state index in [4.69, 9.17) is 19.8 Å². The minimum atomic E-state index is -3.29. The van der Waals surface area contributed by atoms with Crippen LogP contribution in [0.2, 0.25) is 0 Å². The number of ether oxygens (including phenoxy) is 1. The van der Waals surface area contributed by atoms with Crippen molar-refractivity contribution in [3.05, 3.63) is 90.5 Å². The lowest BCUT2D eigenvalue weighted by Gasteiger charge is -2.17. The number of aromatic nitrogens is 2. The van der Waals surface area contributed by atoms with E-state index in [1.54, 1.807) is 24.3 Å². The molecular weight excluding hydrogens is 528 g/mol. The number of sulfone groups is 1. The second-order valence-electron chi connectivity index (χ2n) is 8.84. The smallest absolute Gasteiger partial charge is 0.231 e. The number of hydrogen-bond donors (Lipinski definition) is 4. The highest BCUT2D eigenvalue weighted by Crippen LogP contribution is 2.34. The average molecular weight is 561 g/mol. The van der Waals surface area contributed by atoms with Crippen LogP contribution in [0.1, 0.15) is 12.5 Å². The van der Waals surface area contributed by atoms with E-state index >= 15 is 0 Å². The SMILES string of the molecule is CC(=NNc1nc(Nc2ccccc2)nc(NCCOCCO)c1-c1ccccc1)c1ccc(S(C)(=O)=O)cc1. The van der Waals surface area contributed by atoms with E-state index in [0.29, 0.717) is 42.0 Å². The molecule has 0 amide bonds. The second kappa shape index (κ2) is 13.7. The number of benzene rings is 3. The van der Waals surface area contributed by atoms with E-state index in [9.17, 15) is 8.42 Å². The van der Waals surface area contributed by atoms with E-state index in [2.05, 4.69) is 21.2 Å². The largest absolute Gasteiger partial charge is 0.394 e. The number of para-hydroxylation sites is 1. The normalized spacial score (nSPS) is 11.7. The standard InChI is InChI=1S/C29H32N6O4S/c1-21(22-13-15-25(16-14-22)40(2,37)38)34-35-28-26(23-9-5-3-6-10-23)27(30-17-19-39-20-18-36)32-29(33-28)31-24-11-7-4-8-12-24/h3-16,36H,17-20H2,1-2H3,(H3,30,31,32,33,35). The molecule has 3 aromatic carbocycles. The van der Waals surface area contributed by atoms with Gasteiger partial charge in [-0.2, -0.15) is 15.1 Å². The lowest BCUT2D eigenvalue weighted by Crippen LogP contribution is -2.15. The summed E-state index contributed by atoms with van der Waals surface area (Å²) in [6.07, 6.45) is 1.18. The highest BCUT2D eigenvalue weighted by molar-refractivity contribution is 7.90. The number of hydrogen-bond acceptors (Lipinski definition) is 10. The van der Waals surface area contributed by atoms with Crippen LogP contribution in [0, 0.1) is 0 Å². The molecule has 208 valence electrons. The summed E-state index contributed by atoms with van der Waals surface area (Å²) >= 11 is 0. The maximum atomic E-state index is 11.8. The summed E-state index contributed by atoms with van der Waals surface area (Å²) < 4.78 is 29.1. The molecule has 4 aromatic rings. The lowest BCUT2D eigenvalue weighted by molar-refractivity contribution is 0.0992. The molecule has 10 nitrogen and oxygen atoms in total. The van der Waals surface area contributed by atoms with Gasteiger partial charge in [-0.1, -0.05) is 60.7 Å². The number of aliphatic hydroxyl groups excluding tert-OH is 1. The van der Waals surface area contributed by atoms with Gasteiger partial charge >= 0.3 is 0 Å². The van der Waals surface area contributed by atoms with Crippen LogP contribution in [-0.2, 0) is 14.6 Å². The van der Waals surface area contributed by atoms with Gasteiger partial charge in [-0.25, -0.2) is 8.42 Å². The summed E-state index contributed by atoms with van der Waals surface area (Å²) in [7, 11) is -3.29. The lowest BCUT2D eigenvalue weighted by atomic mass is 10.1. The first kappa shape index (κ1) is 28.7. The predicted octanol–water partition coefficient (Wildman–Crippen LogP) is 4.55. The average Bonchev–Trinajstić information content (AvgIpc) is 2.96. The monoisotopic (exact) mass is 560 g/mol. The molecule has 0 unspecified atom stereocenters. The molecule has 0 spiro atoms. The van der Waals surface area contributed by atoms with Crippen LogP contribution in [0.25, 0.3) is 11.1 Å². The van der Waals surface area contributed by atoms with Crippen LogP contribution >= 0.6 is 0 Å². The second-order valence-corrected chi connectivity index (χ2v) is 10.9. The molecular formula is C29H32N6O4S. The van der Waals surface area contributed by atoms with Crippen molar-refractivity contribution in [3.63, 3.8) is 0 Å². The molecule has 0 saturated heterocycles. The number of hydrazone groups is 1. The van der Waals surface area contributed by atoms with Gasteiger partial charge < -0.3 is 20.5 Å². The Morgan fingerprint density at radius 2 is 1.55 bits per heavy atom. The Morgan fingerprint density at radius 1 is 0.900 bits per heavy atom. The Balaban J connectivity index is 1.72. The molecule has 4 rings (SSSR count). The Kier molecular flexibility index (Phi) is 9.79. The van der Waals surface area contributed by atoms with E-state index in [-0.39, 0.29) is 18.1 Å². The summed E-state index contributed by atoms with van der Waals surface area (Å²) in [5, 5.41) is 20.1. The molecule has 0 aliphatic heterocycles. The highest BCUT2D eigenvalue weighted by atomic mass is 32.2. The van der Waals surface area contributed by atoms with Crippen molar-refractivity contribution in [1.29, 1.82) is 0 Å². The van der Waals surface area contributed by atoms with Gasteiger partial charge in [0.25, 0.3) is 0 Å². The van der Waals surface area contributed by atoms with E-state index in [1.165, 1.54) is 6.26 Å². The molecule has 0 saturated carbocycles. The number of aliphatic hydroxyl groups is 1. The number of rotatable bonds is 13. The molecule has 40 heavy (non-hydrogen) atoms. The zero-order chi connectivity index (χ0) is 28.4. The summed E-state index contributed by atoms with van der Waals surface area (Å²) in [6.45, 7) is 2.87. The van der Waals surface area contributed by atoms with Gasteiger partial charge in [-0.05, 0) is 42.3 Å². The maximum absolute atomic E-state index is 11.8. The van der Waals surface area contributed by atoms with Crippen LogP contribution in [0.15, 0.2) is 94.9 Å². The third-order valence-corrected chi connectivity index (χ3v) is 6.93. The van der Waals surface area contributed by atoms with Crippen LogP contribution in [0.3, 0.4) is 0 Å². The molecule has 0 aliphatic carbocycles. The molecule has 0 aliphatic rings. The van der Waals surface area contributed by atoms with Gasteiger partial charge in [0.2, 0.25) is 5.95 Å². The van der Waals surface area contributed by atoms with Crippen molar-refractivity contribution < 1.29 is 18.3 Å². The van der Waals surface area contributed by atoms with Crippen LogP contribution in [0.4, 0.5) is 23.3 Å². The molecule has 11 heteroatoms. The summed E-state index contributed by atoms with van der Waals surface area (Å²) in [6, 6.07) is 25.9. The van der Waals surface area contributed by atoms with Crippen molar-refractivity contribution in [1.82, 2.24) is 9.97 Å². The fourth-order valence-corrected chi connectivity index (χ4v) is 4.44. The van der Waals surface area contributed by atoms with E-state index in [0.717, 1.165) is 16.8 Å². The molecule has 1 aromatic heterocycles. The van der Waals surface area contributed by atoms with Crippen molar-refractivity contribution in [3.8, 4) is 11.1 Å². The van der Waals surface area contributed by atoms with Crippen molar-refractivity contribution in [2.75, 3.05) is 48.7 Å². The van der Waals surface area contributed by atoms with Gasteiger partial charge in [0, 0.05) is 18.5 Å². The minimum Gasteiger partial charge on any atom is -0.394 e. The molecule has 0 atom stereocenters. The summed E-state index contributed by atoms with van der Waals surface area (Å²) in [5.41, 5.74) is 6.92. The Hall–Kier alpha value is -4.32. The van der Waals surface area contributed by atoms with Crippen LogP contribution < -0.4 is 16.1 Å². The fraction of sp³-hybridized carbons (Fsp3) is 0.207. The van der Waals surface area contributed by atoms with Gasteiger partial charge in [0.05, 0.1) is 36.0 Å². The molecule has 0 fully saturated rings. The van der Waals surface area contributed by atoms with Gasteiger partial charge in [0.15, 0.2) is 15.7 Å². The maximum Gasteiger partial charge on any atom is 0.231 e. The highest BCUT2D eigenvalue weighted by Gasteiger charge is 2.17. The third-order valence-electron chi connectivity index (χ3n) is 5.81. The number of nitrogens with zero attached hydrogens (tertiary/aromatic N) is 3. The first-order valence-electron chi connectivity index (χ1n) is 12.7. The van der Waals surface area contributed by atoms with Crippen LogP contribution in [-0.4, -0.2) is 61.8 Å². The molecule has 0 bridgehead atoms. The Labute approximate surface area is 234 Å². The van der Waals surface area contributed by atoms with Crippen LogP contribution in [0.5, 0.6) is 0 Å². The van der Waals surface area contributed by atoms with E-state index < -0.39 is 9.84 Å². The van der Waals surface area contributed by atoms with Gasteiger partial charge in [-0.3, -0.25) is 5.43 Å². The topological polar surface area (TPSA) is 138 Å². The molecule has 1 heterocycles. The van der Waals surface area contributed by atoms with Crippen molar-refractivity contribution >= 4 is 38.8 Å². The molecule has 4 N–H and O–H groups in total. The fourth-order valence-electron chi connectivity index (χ4n) is 3.81. The first-order valence-corrected chi connectivity index (χ1v) is 14.6. The van der Waals surface area contributed by atoms with E-state index in [1.807, 2.05) is 67.6 Å². The van der Waals surface area contributed by atoms with Crippen molar-refractivity contribution in [2.45, 2.75) is 11.8 Å². The number of anilines is 4. The zero-order valence-electron chi connectivity index (χ0n) is 22.3. The summed E-state index contributed by atoms with van der Waals surface area (Å²) in [5.74, 6) is 1.39. The quantitative estimate of drug-likeness (QED) is 0.105.